The van der Waals surface area contributed by atoms with Crippen LogP contribution in [0.4, 0.5) is 0 Å². The summed E-state index contributed by atoms with van der Waals surface area (Å²) >= 11 is 0. The quantitative estimate of drug-likeness (QED) is 0.686. The predicted molar refractivity (Wildman–Crippen MR) is 93.8 cm³/mol. The average Bonchev–Trinajstić information content (AvgIpc) is 2.83. The molecule has 24 heavy (non-hydrogen) atoms. The molecule has 0 aliphatic rings. The highest BCUT2D eigenvalue weighted by Crippen LogP contribution is 2.13. The van der Waals surface area contributed by atoms with Crippen LogP contribution in [0, 0.1) is 13.8 Å². The fourth-order valence-corrected chi connectivity index (χ4v) is 2.67. The maximum absolute atomic E-state index is 11.7. The minimum absolute atomic E-state index is 0.0421. The van der Waals surface area contributed by atoms with Crippen molar-refractivity contribution in [3.05, 3.63) is 52.3 Å². The lowest BCUT2D eigenvalue weighted by Gasteiger charge is -2.07. The summed E-state index contributed by atoms with van der Waals surface area (Å²) in [7, 11) is 0. The Hall–Kier alpha value is -2.18. The highest BCUT2D eigenvalue weighted by molar-refractivity contribution is 5.94. The molecule has 1 heterocycles. The first kappa shape index (κ1) is 18.2. The van der Waals surface area contributed by atoms with Crippen molar-refractivity contribution in [1.82, 2.24) is 20.4 Å². The fraction of sp³-hybridized carbons (Fsp3) is 0.444. The van der Waals surface area contributed by atoms with Gasteiger partial charge in [-0.25, -0.2) is 0 Å². The van der Waals surface area contributed by atoms with Gasteiger partial charge in [0.2, 0.25) is 0 Å². The number of carbonyl (C=O) groups is 1. The monoisotopic (exact) mass is 330 g/mol. The van der Waals surface area contributed by atoms with Crippen LogP contribution in [0.15, 0.2) is 24.3 Å². The molecule has 0 saturated carbocycles. The summed E-state index contributed by atoms with van der Waals surface area (Å²) in [4.78, 5) is 11.7. The van der Waals surface area contributed by atoms with Gasteiger partial charge in [0.25, 0.3) is 5.91 Å². The van der Waals surface area contributed by atoms with Gasteiger partial charge >= 0.3 is 0 Å². The molecule has 2 rings (SSSR count). The maximum Gasteiger partial charge on any atom is 0.251 e. The summed E-state index contributed by atoms with van der Waals surface area (Å²) < 4.78 is 1.84. The molecule has 2 aromatic rings. The first-order chi connectivity index (χ1) is 11.6. The number of hydrogen-bond donors (Lipinski definition) is 3. The van der Waals surface area contributed by atoms with Gasteiger partial charge in [-0.1, -0.05) is 12.1 Å². The van der Waals surface area contributed by atoms with E-state index in [1.807, 2.05) is 49.7 Å². The van der Waals surface area contributed by atoms with Crippen LogP contribution in [0.1, 0.15) is 39.8 Å². The van der Waals surface area contributed by atoms with Gasteiger partial charge in [-0.05, 0) is 38.5 Å². The molecule has 130 valence electrons. The number of nitrogens with one attached hydrogen (secondary N) is 2. The van der Waals surface area contributed by atoms with Crippen LogP contribution < -0.4 is 10.6 Å². The summed E-state index contributed by atoms with van der Waals surface area (Å²) in [5.74, 6) is -0.0421. The number of hydrogen-bond acceptors (Lipinski definition) is 4. The number of aromatic nitrogens is 2. The van der Waals surface area contributed by atoms with Crippen molar-refractivity contribution in [1.29, 1.82) is 0 Å². The van der Waals surface area contributed by atoms with Crippen molar-refractivity contribution >= 4 is 5.91 Å². The van der Waals surface area contributed by atoms with E-state index >= 15 is 0 Å². The lowest BCUT2D eigenvalue weighted by molar-refractivity contribution is 0.0956. The van der Waals surface area contributed by atoms with Crippen molar-refractivity contribution in [2.75, 3.05) is 13.2 Å². The van der Waals surface area contributed by atoms with E-state index < -0.39 is 0 Å². The largest absolute Gasteiger partial charge is 0.394 e. The van der Waals surface area contributed by atoms with Gasteiger partial charge in [-0.2, -0.15) is 5.10 Å². The summed E-state index contributed by atoms with van der Waals surface area (Å²) in [6, 6.07) is 7.62. The number of carbonyl (C=O) groups excluding carboxylic acids is 1. The number of aryl methyl sites for hydroxylation is 1. The van der Waals surface area contributed by atoms with E-state index in [-0.39, 0.29) is 12.5 Å². The number of aliphatic hydroxyl groups is 1. The van der Waals surface area contributed by atoms with E-state index in [1.165, 1.54) is 5.56 Å². The average molecular weight is 330 g/mol. The lowest BCUT2D eigenvalue weighted by Crippen LogP contribution is -2.22. The zero-order chi connectivity index (χ0) is 17.5. The molecular formula is C18H26N4O2. The van der Waals surface area contributed by atoms with Crippen LogP contribution in [-0.4, -0.2) is 33.9 Å². The third kappa shape index (κ3) is 4.43. The van der Waals surface area contributed by atoms with Gasteiger partial charge in [-0.15, -0.1) is 0 Å². The van der Waals surface area contributed by atoms with E-state index in [0.717, 1.165) is 30.0 Å². The molecule has 0 saturated heterocycles. The van der Waals surface area contributed by atoms with Crippen molar-refractivity contribution in [2.45, 2.75) is 40.4 Å². The zero-order valence-corrected chi connectivity index (χ0v) is 14.6. The van der Waals surface area contributed by atoms with E-state index in [2.05, 4.69) is 15.7 Å². The Morgan fingerprint density at radius 2 is 1.92 bits per heavy atom. The van der Waals surface area contributed by atoms with Crippen LogP contribution in [0.2, 0.25) is 0 Å². The van der Waals surface area contributed by atoms with E-state index in [0.29, 0.717) is 18.7 Å². The predicted octanol–water partition coefficient (Wildman–Crippen LogP) is 1.53. The lowest BCUT2D eigenvalue weighted by atomic mass is 10.1. The molecule has 0 aliphatic heterocycles. The smallest absolute Gasteiger partial charge is 0.251 e. The second-order valence-electron chi connectivity index (χ2n) is 5.76. The van der Waals surface area contributed by atoms with Gasteiger partial charge in [0, 0.05) is 36.5 Å². The van der Waals surface area contributed by atoms with Crippen LogP contribution in [0.25, 0.3) is 0 Å². The Morgan fingerprint density at radius 3 is 2.54 bits per heavy atom. The van der Waals surface area contributed by atoms with Gasteiger partial charge < -0.3 is 15.7 Å². The van der Waals surface area contributed by atoms with E-state index in [9.17, 15) is 4.79 Å². The SMILES string of the molecule is CCNC(=O)c1ccc(CNCc2c(C)nn(CCO)c2C)cc1. The molecule has 0 unspecified atom stereocenters. The topological polar surface area (TPSA) is 79.2 Å². The molecular weight excluding hydrogens is 304 g/mol. The van der Waals surface area contributed by atoms with Crippen LogP contribution >= 0.6 is 0 Å². The third-order valence-electron chi connectivity index (χ3n) is 4.03. The second-order valence-corrected chi connectivity index (χ2v) is 5.76. The second kappa shape index (κ2) is 8.61. The number of benzene rings is 1. The molecule has 0 radical (unpaired) electrons. The fourth-order valence-electron chi connectivity index (χ4n) is 2.67. The maximum atomic E-state index is 11.7. The number of aliphatic hydroxyl groups excluding tert-OH is 1. The van der Waals surface area contributed by atoms with Crippen LogP contribution in [-0.2, 0) is 19.6 Å². The Bertz CT molecular complexity index is 677. The summed E-state index contributed by atoms with van der Waals surface area (Å²) in [5, 5.41) is 19.7. The minimum atomic E-state index is -0.0421. The Labute approximate surface area is 142 Å². The highest BCUT2D eigenvalue weighted by atomic mass is 16.3. The Morgan fingerprint density at radius 1 is 1.21 bits per heavy atom. The molecule has 0 atom stereocenters. The molecule has 6 nitrogen and oxygen atoms in total. The Balaban J connectivity index is 1.91. The van der Waals surface area contributed by atoms with Crippen molar-refractivity contribution in [3.63, 3.8) is 0 Å². The van der Waals surface area contributed by atoms with Crippen molar-refractivity contribution < 1.29 is 9.90 Å². The number of rotatable bonds is 8. The van der Waals surface area contributed by atoms with Gasteiger partial charge in [0.1, 0.15) is 0 Å². The molecule has 0 spiro atoms. The minimum Gasteiger partial charge on any atom is -0.394 e. The standard InChI is InChI=1S/C18H26N4O2/c1-4-20-18(24)16-7-5-15(6-8-16)11-19-12-17-13(2)21-22(9-10-23)14(17)3/h5-8,19,23H,4,9-12H2,1-3H3,(H,20,24). The third-order valence-corrected chi connectivity index (χ3v) is 4.03. The van der Waals surface area contributed by atoms with Gasteiger partial charge in [-0.3, -0.25) is 9.48 Å². The van der Waals surface area contributed by atoms with Gasteiger partial charge in [0.15, 0.2) is 0 Å². The van der Waals surface area contributed by atoms with E-state index in [4.69, 9.17) is 5.11 Å². The van der Waals surface area contributed by atoms with Crippen LogP contribution in [0.5, 0.6) is 0 Å². The molecule has 0 aliphatic carbocycles. The molecule has 1 aromatic heterocycles. The first-order valence-electron chi connectivity index (χ1n) is 8.28. The van der Waals surface area contributed by atoms with Gasteiger partial charge in [0.05, 0.1) is 18.8 Å². The molecule has 0 bridgehead atoms. The van der Waals surface area contributed by atoms with Crippen molar-refractivity contribution in [3.8, 4) is 0 Å². The zero-order valence-electron chi connectivity index (χ0n) is 14.6. The summed E-state index contributed by atoms with van der Waals surface area (Å²) in [6.07, 6.45) is 0. The molecule has 6 heteroatoms. The summed E-state index contributed by atoms with van der Waals surface area (Å²) in [6.45, 7) is 8.60. The molecule has 1 amide bonds. The first-order valence-corrected chi connectivity index (χ1v) is 8.28. The number of amides is 1. The number of nitrogens with zero attached hydrogens (tertiary/aromatic N) is 2. The van der Waals surface area contributed by atoms with Crippen LogP contribution in [0.3, 0.4) is 0 Å². The normalized spacial score (nSPS) is 10.8. The summed E-state index contributed by atoms with van der Waals surface area (Å²) in [5.41, 5.74) is 5.04. The highest BCUT2D eigenvalue weighted by Gasteiger charge is 2.10. The van der Waals surface area contributed by atoms with E-state index in [1.54, 1.807) is 0 Å². The molecule has 0 fully saturated rings. The molecule has 3 N–H and O–H groups in total. The van der Waals surface area contributed by atoms with Crippen molar-refractivity contribution in [2.24, 2.45) is 0 Å². The molecule has 1 aromatic carbocycles. The Kier molecular flexibility index (Phi) is 6.52.